The Kier molecular flexibility index (Phi) is 5.03. The van der Waals surface area contributed by atoms with E-state index < -0.39 is 0 Å². The van der Waals surface area contributed by atoms with Gasteiger partial charge < -0.3 is 5.32 Å². The van der Waals surface area contributed by atoms with Crippen LogP contribution in [0, 0.1) is 0 Å². The smallest absolute Gasteiger partial charge is 0.0406 e. The van der Waals surface area contributed by atoms with E-state index >= 15 is 0 Å². The molecule has 0 saturated carbocycles. The first-order valence-electron chi connectivity index (χ1n) is 6.34. The van der Waals surface area contributed by atoms with Crippen molar-refractivity contribution in [3.8, 4) is 0 Å². The molecule has 2 aromatic rings. The van der Waals surface area contributed by atoms with E-state index in [1.165, 1.54) is 11.1 Å². The average Bonchev–Trinajstić information content (AvgIpc) is 2.39. The van der Waals surface area contributed by atoms with Crippen LogP contribution in [0.2, 0.25) is 5.02 Å². The first-order valence-corrected chi connectivity index (χ1v) is 7.51. The van der Waals surface area contributed by atoms with Crippen LogP contribution in [0.4, 0.5) is 0 Å². The standard InChI is InChI=1S/C16H17BrClN/c1-11(13-7-9-14(18)10-8-13)19-12(2)15-5-3-4-6-16(15)17/h3-12,19H,1-2H3/t11?,12-/m0/s1. The Labute approximate surface area is 128 Å². The van der Waals surface area contributed by atoms with E-state index in [4.69, 9.17) is 11.6 Å². The molecule has 0 bridgehead atoms. The Hall–Kier alpha value is -0.830. The van der Waals surface area contributed by atoms with Gasteiger partial charge in [0.15, 0.2) is 0 Å². The van der Waals surface area contributed by atoms with E-state index in [1.54, 1.807) is 0 Å². The van der Waals surface area contributed by atoms with E-state index in [0.717, 1.165) is 9.50 Å². The van der Waals surface area contributed by atoms with Gasteiger partial charge in [0.1, 0.15) is 0 Å². The predicted octanol–water partition coefficient (Wildman–Crippen LogP) is 5.51. The summed E-state index contributed by atoms with van der Waals surface area (Å²) in [6, 6.07) is 16.8. The molecule has 0 aliphatic heterocycles. The van der Waals surface area contributed by atoms with Crippen LogP contribution in [-0.2, 0) is 0 Å². The zero-order valence-electron chi connectivity index (χ0n) is 11.0. The summed E-state index contributed by atoms with van der Waals surface area (Å²) in [6.45, 7) is 4.34. The van der Waals surface area contributed by atoms with Crippen molar-refractivity contribution in [3.63, 3.8) is 0 Å². The Balaban J connectivity index is 2.08. The maximum absolute atomic E-state index is 5.91. The molecular weight excluding hydrogens is 322 g/mol. The fraction of sp³-hybridized carbons (Fsp3) is 0.250. The molecule has 0 radical (unpaired) electrons. The van der Waals surface area contributed by atoms with Crippen molar-refractivity contribution in [1.82, 2.24) is 5.32 Å². The zero-order valence-corrected chi connectivity index (χ0v) is 13.4. The second-order valence-corrected chi connectivity index (χ2v) is 5.97. The summed E-state index contributed by atoms with van der Waals surface area (Å²) >= 11 is 9.51. The minimum atomic E-state index is 0.277. The number of halogens is 2. The maximum atomic E-state index is 5.91. The lowest BCUT2D eigenvalue weighted by atomic mass is 10.0. The van der Waals surface area contributed by atoms with Crippen molar-refractivity contribution in [2.75, 3.05) is 0 Å². The van der Waals surface area contributed by atoms with Gasteiger partial charge in [0, 0.05) is 21.6 Å². The van der Waals surface area contributed by atoms with Crippen molar-refractivity contribution in [3.05, 3.63) is 69.2 Å². The van der Waals surface area contributed by atoms with Crippen molar-refractivity contribution >= 4 is 27.5 Å². The first-order chi connectivity index (χ1) is 9.08. The van der Waals surface area contributed by atoms with Crippen LogP contribution in [0.3, 0.4) is 0 Å². The van der Waals surface area contributed by atoms with Gasteiger partial charge in [0.2, 0.25) is 0 Å². The van der Waals surface area contributed by atoms with Gasteiger partial charge in [0.05, 0.1) is 0 Å². The highest BCUT2D eigenvalue weighted by Gasteiger charge is 2.12. The number of hydrogen-bond acceptors (Lipinski definition) is 1. The minimum Gasteiger partial charge on any atom is -0.304 e. The van der Waals surface area contributed by atoms with Crippen LogP contribution < -0.4 is 5.32 Å². The lowest BCUT2D eigenvalue weighted by Gasteiger charge is -2.21. The highest BCUT2D eigenvalue weighted by atomic mass is 79.9. The van der Waals surface area contributed by atoms with Gasteiger partial charge in [-0.2, -0.15) is 0 Å². The molecule has 100 valence electrons. The van der Waals surface area contributed by atoms with Gasteiger partial charge in [-0.1, -0.05) is 57.9 Å². The molecule has 2 aromatic carbocycles. The lowest BCUT2D eigenvalue weighted by Crippen LogP contribution is -2.22. The van der Waals surface area contributed by atoms with Gasteiger partial charge in [0.25, 0.3) is 0 Å². The van der Waals surface area contributed by atoms with Crippen LogP contribution >= 0.6 is 27.5 Å². The summed E-state index contributed by atoms with van der Waals surface area (Å²) in [6.07, 6.45) is 0. The Bertz CT molecular complexity index is 539. The molecule has 1 N–H and O–H groups in total. The number of nitrogens with one attached hydrogen (secondary N) is 1. The van der Waals surface area contributed by atoms with Crippen LogP contribution in [0.5, 0.6) is 0 Å². The van der Waals surface area contributed by atoms with Crippen molar-refractivity contribution in [1.29, 1.82) is 0 Å². The van der Waals surface area contributed by atoms with E-state index in [2.05, 4.69) is 65.4 Å². The SMILES string of the molecule is CC(N[C@@H](C)c1ccccc1Br)c1ccc(Cl)cc1. The largest absolute Gasteiger partial charge is 0.304 e. The Morgan fingerprint density at radius 1 is 0.947 bits per heavy atom. The normalized spacial score (nSPS) is 14.1. The molecule has 0 amide bonds. The average molecular weight is 339 g/mol. The molecule has 2 atom stereocenters. The highest BCUT2D eigenvalue weighted by Crippen LogP contribution is 2.25. The third-order valence-corrected chi connectivity index (χ3v) is 4.22. The van der Waals surface area contributed by atoms with Crippen molar-refractivity contribution < 1.29 is 0 Å². The first kappa shape index (κ1) is 14.6. The summed E-state index contributed by atoms with van der Waals surface area (Å²) in [7, 11) is 0. The molecule has 1 unspecified atom stereocenters. The third-order valence-electron chi connectivity index (χ3n) is 3.24. The van der Waals surface area contributed by atoms with E-state index in [1.807, 2.05) is 18.2 Å². The van der Waals surface area contributed by atoms with Gasteiger partial charge in [-0.15, -0.1) is 0 Å². The number of hydrogen-bond donors (Lipinski definition) is 1. The Morgan fingerprint density at radius 3 is 2.21 bits per heavy atom. The fourth-order valence-electron chi connectivity index (χ4n) is 2.14. The van der Waals surface area contributed by atoms with Crippen LogP contribution in [0.15, 0.2) is 53.0 Å². The summed E-state index contributed by atoms with van der Waals surface area (Å²) in [5.74, 6) is 0. The summed E-state index contributed by atoms with van der Waals surface area (Å²) in [5, 5.41) is 4.37. The van der Waals surface area contributed by atoms with Gasteiger partial charge in [-0.3, -0.25) is 0 Å². The molecule has 3 heteroatoms. The molecule has 0 aliphatic carbocycles. The van der Waals surface area contributed by atoms with Crippen LogP contribution in [0.25, 0.3) is 0 Å². The van der Waals surface area contributed by atoms with E-state index in [-0.39, 0.29) is 12.1 Å². The molecule has 2 rings (SSSR count). The summed E-state index contributed by atoms with van der Waals surface area (Å²) in [4.78, 5) is 0. The highest BCUT2D eigenvalue weighted by molar-refractivity contribution is 9.10. The zero-order chi connectivity index (χ0) is 13.8. The van der Waals surface area contributed by atoms with Crippen LogP contribution in [0.1, 0.15) is 37.1 Å². The fourth-order valence-corrected chi connectivity index (χ4v) is 2.89. The molecule has 0 heterocycles. The second kappa shape index (κ2) is 6.56. The molecule has 0 spiro atoms. The van der Waals surface area contributed by atoms with Crippen LogP contribution in [-0.4, -0.2) is 0 Å². The molecule has 0 aromatic heterocycles. The minimum absolute atomic E-state index is 0.277. The predicted molar refractivity (Wildman–Crippen MR) is 85.6 cm³/mol. The molecule has 19 heavy (non-hydrogen) atoms. The maximum Gasteiger partial charge on any atom is 0.0406 e. The molecule has 0 aliphatic rings. The lowest BCUT2D eigenvalue weighted by molar-refractivity contribution is 0.493. The van der Waals surface area contributed by atoms with Gasteiger partial charge in [-0.25, -0.2) is 0 Å². The molecule has 0 fully saturated rings. The van der Waals surface area contributed by atoms with Crippen molar-refractivity contribution in [2.24, 2.45) is 0 Å². The molecule has 1 nitrogen and oxygen atoms in total. The number of benzene rings is 2. The van der Waals surface area contributed by atoms with Gasteiger partial charge >= 0.3 is 0 Å². The topological polar surface area (TPSA) is 12.0 Å². The summed E-state index contributed by atoms with van der Waals surface area (Å²) in [5.41, 5.74) is 2.51. The third kappa shape index (κ3) is 3.82. The second-order valence-electron chi connectivity index (χ2n) is 4.68. The van der Waals surface area contributed by atoms with Crippen molar-refractivity contribution in [2.45, 2.75) is 25.9 Å². The summed E-state index contributed by atoms with van der Waals surface area (Å²) < 4.78 is 1.14. The van der Waals surface area contributed by atoms with E-state index in [9.17, 15) is 0 Å². The number of rotatable bonds is 4. The monoisotopic (exact) mass is 337 g/mol. The van der Waals surface area contributed by atoms with E-state index in [0.29, 0.717) is 0 Å². The van der Waals surface area contributed by atoms with Gasteiger partial charge in [-0.05, 0) is 43.2 Å². The Morgan fingerprint density at radius 2 is 1.58 bits per heavy atom. The quantitative estimate of drug-likeness (QED) is 0.774. The molecule has 0 saturated heterocycles. The molecular formula is C16H17BrClN.